The lowest BCUT2D eigenvalue weighted by Crippen LogP contribution is -2.15. The molecule has 0 N–H and O–H groups in total. The van der Waals surface area contributed by atoms with Gasteiger partial charge in [0, 0.05) is 44.5 Å². The molecule has 0 unspecified atom stereocenters. The van der Waals surface area contributed by atoms with Crippen LogP contribution in [0, 0.1) is 0 Å². The lowest BCUT2D eigenvalue weighted by molar-refractivity contribution is 0.661. The van der Waals surface area contributed by atoms with Gasteiger partial charge in [-0.05, 0) is 107 Å². The van der Waals surface area contributed by atoms with Crippen LogP contribution in [0.4, 0.5) is 0 Å². The zero-order chi connectivity index (χ0) is 31.3. The van der Waals surface area contributed by atoms with Gasteiger partial charge in [0.1, 0.15) is 0 Å². The van der Waals surface area contributed by atoms with Crippen LogP contribution in [0.1, 0.15) is 60.3 Å². The molecular weight excluding hydrogens is 569 g/mol. The molecule has 0 fully saturated rings. The number of allylic oxidation sites excluding steroid dienone is 2. The van der Waals surface area contributed by atoms with Gasteiger partial charge in [0.15, 0.2) is 0 Å². The molecule has 47 heavy (non-hydrogen) atoms. The van der Waals surface area contributed by atoms with Crippen LogP contribution in [0.25, 0.3) is 67.6 Å². The summed E-state index contributed by atoms with van der Waals surface area (Å²) in [4.78, 5) is 0. The molecule has 3 aliphatic carbocycles. The Balaban J connectivity index is 1.18. The third-order valence-electron chi connectivity index (χ3n) is 11.1. The summed E-state index contributed by atoms with van der Waals surface area (Å²) in [7, 11) is 0. The maximum Gasteiger partial charge on any atom is 0.0541 e. The third-order valence-corrected chi connectivity index (χ3v) is 11.1. The van der Waals surface area contributed by atoms with Crippen LogP contribution in [0.15, 0.2) is 121 Å². The molecule has 2 heterocycles. The first kappa shape index (κ1) is 26.8. The fourth-order valence-corrected chi connectivity index (χ4v) is 8.87. The summed E-state index contributed by atoms with van der Waals surface area (Å²) in [6, 6.07) is 42.8. The highest BCUT2D eigenvalue weighted by atomic mass is 15.0. The summed E-state index contributed by atoms with van der Waals surface area (Å²) < 4.78 is 5.14. The molecule has 0 amide bonds. The average Bonchev–Trinajstić information content (AvgIpc) is 3.71. The van der Waals surface area contributed by atoms with E-state index in [0.29, 0.717) is 0 Å². The van der Waals surface area contributed by atoms with Crippen LogP contribution in [0.3, 0.4) is 0 Å². The minimum atomic E-state index is -0.0353. The van der Waals surface area contributed by atoms with E-state index in [2.05, 4.69) is 156 Å². The normalized spacial score (nSPS) is 15.7. The summed E-state index contributed by atoms with van der Waals surface area (Å²) in [5.41, 5.74) is 19.1. The van der Waals surface area contributed by atoms with Gasteiger partial charge in [0.25, 0.3) is 0 Å². The molecule has 0 saturated carbocycles. The van der Waals surface area contributed by atoms with Crippen LogP contribution >= 0.6 is 0 Å². The summed E-state index contributed by atoms with van der Waals surface area (Å²) in [5, 5.41) is 2.68. The van der Waals surface area contributed by atoms with E-state index in [4.69, 9.17) is 0 Å². The van der Waals surface area contributed by atoms with E-state index in [0.717, 1.165) is 25.7 Å². The van der Waals surface area contributed by atoms with Gasteiger partial charge in [-0.2, -0.15) is 0 Å². The van der Waals surface area contributed by atoms with Crippen molar-refractivity contribution in [2.75, 3.05) is 0 Å². The Morgan fingerprint density at radius 1 is 0.596 bits per heavy atom. The number of nitrogens with zero attached hydrogens (tertiary/aromatic N) is 2. The Kier molecular flexibility index (Phi) is 5.61. The first-order chi connectivity index (χ1) is 23.1. The number of para-hydroxylation sites is 1. The van der Waals surface area contributed by atoms with Crippen molar-refractivity contribution >= 4 is 39.7 Å². The number of rotatable bonds is 3. The molecule has 226 valence electrons. The van der Waals surface area contributed by atoms with Crippen molar-refractivity contribution < 1.29 is 0 Å². The van der Waals surface area contributed by atoms with Crippen molar-refractivity contribution in [1.82, 2.24) is 9.13 Å². The van der Waals surface area contributed by atoms with E-state index in [1.165, 1.54) is 89.1 Å². The van der Waals surface area contributed by atoms with Crippen LogP contribution < -0.4 is 0 Å². The predicted molar refractivity (Wildman–Crippen MR) is 198 cm³/mol. The lowest BCUT2D eigenvalue weighted by atomic mass is 9.82. The molecule has 0 saturated heterocycles. The lowest BCUT2D eigenvalue weighted by Gasteiger charge is -2.23. The number of aromatic nitrogens is 2. The summed E-state index contributed by atoms with van der Waals surface area (Å²) >= 11 is 0. The van der Waals surface area contributed by atoms with E-state index in [1.54, 1.807) is 0 Å². The second-order valence-corrected chi connectivity index (χ2v) is 14.0. The van der Waals surface area contributed by atoms with Gasteiger partial charge in [-0.25, -0.2) is 0 Å². The van der Waals surface area contributed by atoms with E-state index >= 15 is 0 Å². The van der Waals surface area contributed by atoms with Crippen LogP contribution in [-0.4, -0.2) is 9.13 Å². The van der Waals surface area contributed by atoms with Crippen molar-refractivity contribution in [2.45, 2.75) is 44.9 Å². The Hall–Kier alpha value is -5.34. The monoisotopic (exact) mass is 604 g/mol. The van der Waals surface area contributed by atoms with E-state index < -0.39 is 0 Å². The molecule has 5 aromatic carbocycles. The average molecular weight is 605 g/mol. The Labute approximate surface area is 275 Å². The molecular formula is C45H36N2. The highest BCUT2D eigenvalue weighted by molar-refractivity contribution is 6.13. The first-order valence-corrected chi connectivity index (χ1v) is 17.1. The molecule has 0 spiro atoms. The van der Waals surface area contributed by atoms with Crippen molar-refractivity contribution in [3.05, 3.63) is 155 Å². The molecule has 7 aromatic rings. The number of fused-ring (bicyclic) bond motifs is 9. The van der Waals surface area contributed by atoms with Gasteiger partial charge in [-0.1, -0.05) is 105 Å². The van der Waals surface area contributed by atoms with Gasteiger partial charge in [0.05, 0.1) is 11.0 Å². The maximum atomic E-state index is 2.59. The third kappa shape index (κ3) is 3.79. The SMILES string of the molecule is CC1(C)c2ccccc2-c2cc3c4ccccc4n(C4=Cc5c6c(n(-c7cccc(-c8ccccc8)c7)c5CC4)C=CCC6)c3cc21. The molecule has 0 radical (unpaired) electrons. The molecule has 2 heteroatoms. The standard InChI is InChI=1S/C45H36N2/c1-45(2)39-20-9-6-17-33(39)36-27-38-35-19-8-11-22-42(35)47(44(38)28-40(36)45)32-23-24-43-37(26-32)34-18-7-10-21-41(34)46(43)31-16-12-15-30(25-31)29-13-4-3-5-14-29/h3-6,8-17,19-22,25-28H,7,18,23-24H2,1-2H3. The van der Waals surface area contributed by atoms with Crippen molar-refractivity contribution in [2.24, 2.45) is 0 Å². The van der Waals surface area contributed by atoms with E-state index in [1.807, 2.05) is 0 Å². The van der Waals surface area contributed by atoms with Crippen molar-refractivity contribution in [1.29, 1.82) is 0 Å². The zero-order valence-electron chi connectivity index (χ0n) is 26.9. The van der Waals surface area contributed by atoms with Gasteiger partial charge in [-0.15, -0.1) is 0 Å². The minimum absolute atomic E-state index is 0.0353. The Morgan fingerprint density at radius 2 is 1.40 bits per heavy atom. The second kappa shape index (κ2) is 9.83. The molecule has 3 aliphatic rings. The van der Waals surface area contributed by atoms with Crippen LogP contribution in [0.5, 0.6) is 0 Å². The Morgan fingerprint density at radius 3 is 2.32 bits per heavy atom. The van der Waals surface area contributed by atoms with Gasteiger partial charge < -0.3 is 9.13 Å². The fourth-order valence-electron chi connectivity index (χ4n) is 8.87. The van der Waals surface area contributed by atoms with Crippen molar-refractivity contribution in [3.63, 3.8) is 0 Å². The first-order valence-electron chi connectivity index (χ1n) is 17.1. The number of hydrogen-bond acceptors (Lipinski definition) is 0. The smallest absolute Gasteiger partial charge is 0.0541 e. The second-order valence-electron chi connectivity index (χ2n) is 14.0. The highest BCUT2D eigenvalue weighted by Gasteiger charge is 2.36. The Bertz CT molecular complexity index is 2480. The largest absolute Gasteiger partial charge is 0.313 e. The highest BCUT2D eigenvalue weighted by Crippen LogP contribution is 2.51. The molecule has 0 aliphatic heterocycles. The van der Waals surface area contributed by atoms with Crippen LogP contribution in [0.2, 0.25) is 0 Å². The van der Waals surface area contributed by atoms with Gasteiger partial charge >= 0.3 is 0 Å². The van der Waals surface area contributed by atoms with E-state index in [9.17, 15) is 0 Å². The molecule has 0 bridgehead atoms. The number of hydrogen-bond donors (Lipinski definition) is 0. The predicted octanol–water partition coefficient (Wildman–Crippen LogP) is 11.5. The summed E-state index contributed by atoms with van der Waals surface area (Å²) in [6.07, 6.45) is 11.4. The molecule has 0 atom stereocenters. The molecule has 2 aromatic heterocycles. The maximum absolute atomic E-state index is 2.59. The number of benzene rings is 5. The zero-order valence-corrected chi connectivity index (χ0v) is 26.9. The minimum Gasteiger partial charge on any atom is -0.313 e. The molecule has 10 rings (SSSR count). The topological polar surface area (TPSA) is 9.86 Å². The van der Waals surface area contributed by atoms with Crippen LogP contribution in [-0.2, 0) is 18.3 Å². The fraction of sp³-hybridized carbons (Fsp3) is 0.156. The van der Waals surface area contributed by atoms with Gasteiger partial charge in [0.2, 0.25) is 0 Å². The summed E-state index contributed by atoms with van der Waals surface area (Å²) in [5.74, 6) is 0. The van der Waals surface area contributed by atoms with Crippen molar-refractivity contribution in [3.8, 4) is 27.9 Å². The van der Waals surface area contributed by atoms with E-state index in [-0.39, 0.29) is 5.41 Å². The molecule has 2 nitrogen and oxygen atoms in total. The van der Waals surface area contributed by atoms with Gasteiger partial charge in [-0.3, -0.25) is 0 Å². The quantitative estimate of drug-likeness (QED) is 0.190. The summed E-state index contributed by atoms with van der Waals surface area (Å²) in [6.45, 7) is 4.77.